The molecule has 0 saturated heterocycles. The molecule has 0 spiro atoms. The monoisotopic (exact) mass is 325 g/mol. The van der Waals surface area contributed by atoms with Crippen LogP contribution in [0.3, 0.4) is 0 Å². The van der Waals surface area contributed by atoms with Gasteiger partial charge in [-0.2, -0.15) is 0 Å². The zero-order valence-electron chi connectivity index (χ0n) is 12.4. The van der Waals surface area contributed by atoms with E-state index in [-0.39, 0.29) is 46.4 Å². The van der Waals surface area contributed by atoms with Gasteiger partial charge in [0.1, 0.15) is 0 Å². The van der Waals surface area contributed by atoms with E-state index in [0.29, 0.717) is 0 Å². The van der Waals surface area contributed by atoms with Gasteiger partial charge in [-0.15, -0.1) is 0 Å². The molecule has 0 bridgehead atoms. The number of aryl methyl sites for hydroxylation is 1. The van der Waals surface area contributed by atoms with Crippen molar-refractivity contribution in [3.05, 3.63) is 73.8 Å². The summed E-state index contributed by atoms with van der Waals surface area (Å²) in [5, 5.41) is 21.8. The predicted octanol–water partition coefficient (Wildman–Crippen LogP) is 0.0346. The Balaban J connectivity index is 0.00000264. The molecule has 0 N–H and O–H groups in total. The van der Waals surface area contributed by atoms with Gasteiger partial charge in [-0.3, -0.25) is 20.2 Å². The van der Waals surface area contributed by atoms with Crippen molar-refractivity contribution in [2.24, 2.45) is 0 Å². The van der Waals surface area contributed by atoms with E-state index in [1.807, 2.05) is 0 Å². The van der Waals surface area contributed by atoms with Crippen LogP contribution >= 0.6 is 0 Å². The molecule has 23 heavy (non-hydrogen) atoms. The zero-order chi connectivity index (χ0) is 16.3. The number of rotatable bonds is 4. The Morgan fingerprint density at radius 3 is 2.17 bits per heavy atom. The second kappa shape index (κ2) is 7.82. The Kier molecular flexibility index (Phi) is 6.38. The average Bonchev–Trinajstić information content (AvgIpc) is 2.49. The number of nitro groups is 2. The van der Waals surface area contributed by atoms with Gasteiger partial charge in [0.2, 0.25) is 5.75 Å². The van der Waals surface area contributed by atoms with E-state index in [1.54, 1.807) is 18.2 Å². The predicted molar refractivity (Wildman–Crippen MR) is 75.9 cm³/mol. The minimum Gasteiger partial charge on any atom is -0.415 e. The Bertz CT molecular complexity index is 763. The molecule has 2 aromatic carbocycles. The molecule has 2 aromatic rings. The molecule has 0 atom stereocenters. The van der Waals surface area contributed by atoms with Gasteiger partial charge in [0.05, 0.1) is 21.5 Å². The van der Waals surface area contributed by atoms with E-state index in [4.69, 9.17) is 4.74 Å². The van der Waals surface area contributed by atoms with Crippen molar-refractivity contribution in [2.45, 2.75) is 6.92 Å². The van der Waals surface area contributed by atoms with Gasteiger partial charge in [0.25, 0.3) is 5.69 Å². The molecular weight excluding hydrogens is 315 g/mol. The van der Waals surface area contributed by atoms with Gasteiger partial charge in [-0.25, -0.2) is 4.79 Å². The summed E-state index contributed by atoms with van der Waals surface area (Å²) in [5.74, 6) is -1.08. The average molecular weight is 325 g/mol. The maximum Gasteiger partial charge on any atom is 1.00 e. The minimum absolute atomic E-state index is 0. The van der Waals surface area contributed by atoms with E-state index in [9.17, 15) is 25.0 Å². The number of carbonyl (C=O) groups excluding carboxylic acids is 1. The van der Waals surface area contributed by atoms with Crippen molar-refractivity contribution in [2.75, 3.05) is 0 Å². The van der Waals surface area contributed by atoms with Crippen molar-refractivity contribution >= 4 is 17.3 Å². The van der Waals surface area contributed by atoms with Gasteiger partial charge in [-0.1, -0.05) is 18.2 Å². The second-order valence-electron chi connectivity index (χ2n) is 4.38. The van der Waals surface area contributed by atoms with Gasteiger partial charge >= 0.3 is 41.2 Å². The third-order valence-electron chi connectivity index (χ3n) is 2.85. The third-order valence-corrected chi connectivity index (χ3v) is 2.85. The van der Waals surface area contributed by atoms with Crippen LogP contribution in [-0.4, -0.2) is 15.8 Å². The van der Waals surface area contributed by atoms with E-state index in [1.165, 1.54) is 19.1 Å². The summed E-state index contributed by atoms with van der Waals surface area (Å²) in [4.78, 5) is 32.2. The summed E-state index contributed by atoms with van der Waals surface area (Å²) in [5.41, 5.74) is -0.723. The number of non-ortho nitro benzene ring substituents is 1. The number of esters is 1. The molecule has 2 rings (SSSR count). The molecule has 0 saturated carbocycles. The van der Waals surface area contributed by atoms with Crippen LogP contribution in [0, 0.1) is 27.2 Å². The number of carbonyl (C=O) groups is 1. The maximum absolute atomic E-state index is 12.0. The first-order valence-electron chi connectivity index (χ1n) is 6.11. The van der Waals surface area contributed by atoms with Crippen molar-refractivity contribution < 1.29 is 48.9 Å². The van der Waals surface area contributed by atoms with Gasteiger partial charge in [0, 0.05) is 11.6 Å². The number of nitrogens with zero attached hydrogens (tertiary/aromatic N) is 2. The summed E-state index contributed by atoms with van der Waals surface area (Å²) in [6.45, 7) is 1.40. The molecule has 8 nitrogen and oxygen atoms in total. The van der Waals surface area contributed by atoms with Crippen LogP contribution < -0.4 is 34.3 Å². The van der Waals surface area contributed by atoms with Crippen LogP contribution in [0.15, 0.2) is 42.5 Å². The number of nitro benzene ring substituents is 2. The molecule has 0 amide bonds. The quantitative estimate of drug-likeness (QED) is 0.258. The molecule has 0 radical (unpaired) electrons. The van der Waals surface area contributed by atoms with E-state index >= 15 is 0 Å². The van der Waals surface area contributed by atoms with Crippen LogP contribution in [0.25, 0.3) is 0 Å². The molecule has 9 heteroatoms. The number of hydrogen-bond acceptors (Lipinski definition) is 6. The molecule has 0 unspecified atom stereocenters. The Morgan fingerprint density at radius 2 is 1.65 bits per heavy atom. The standard InChI is InChI=1S/C14H10N2O6.Na/c1-9-7-11(15(18)19)8-12(16(20)21)13(9)22-14(17)10-5-3-2-4-6-10;/h2-8H,1H3;/q;+1. The molecule has 0 fully saturated rings. The number of hydrogen-bond donors (Lipinski definition) is 0. The smallest absolute Gasteiger partial charge is 0.415 e. The molecule has 0 aliphatic rings. The first-order chi connectivity index (χ1) is 10.4. The second-order valence-corrected chi connectivity index (χ2v) is 4.38. The van der Waals surface area contributed by atoms with Gasteiger partial charge < -0.3 is 4.74 Å². The first-order valence-corrected chi connectivity index (χ1v) is 6.11. The summed E-state index contributed by atoms with van der Waals surface area (Å²) in [6.07, 6.45) is 0. The van der Waals surface area contributed by atoms with Crippen LogP contribution in [-0.2, 0) is 0 Å². The molecule has 112 valence electrons. The van der Waals surface area contributed by atoms with Crippen LogP contribution in [0.1, 0.15) is 15.9 Å². The molecular formula is C14H10N2NaO6+. The summed E-state index contributed by atoms with van der Waals surface area (Å²) >= 11 is 0. The largest absolute Gasteiger partial charge is 1.00 e. The fourth-order valence-electron chi connectivity index (χ4n) is 1.84. The first kappa shape index (κ1) is 18.8. The van der Waals surface area contributed by atoms with Crippen molar-refractivity contribution in [3.8, 4) is 5.75 Å². The van der Waals surface area contributed by atoms with E-state index in [0.717, 1.165) is 12.1 Å². The van der Waals surface area contributed by atoms with Gasteiger partial charge in [-0.05, 0) is 19.1 Å². The SMILES string of the molecule is Cc1cc([N+](=O)[O-])cc([N+](=O)[O-])c1OC(=O)c1ccccc1.[Na+]. The third kappa shape index (κ3) is 4.35. The van der Waals surface area contributed by atoms with Crippen LogP contribution in [0.4, 0.5) is 11.4 Å². The normalized spacial score (nSPS) is 9.61. The fraction of sp³-hybridized carbons (Fsp3) is 0.0714. The summed E-state index contributed by atoms with van der Waals surface area (Å²) < 4.78 is 5.06. The van der Waals surface area contributed by atoms with Crippen LogP contribution in [0.5, 0.6) is 5.75 Å². The zero-order valence-corrected chi connectivity index (χ0v) is 14.4. The number of benzene rings is 2. The van der Waals surface area contributed by atoms with Crippen molar-refractivity contribution in [1.82, 2.24) is 0 Å². The maximum atomic E-state index is 12.0. The van der Waals surface area contributed by atoms with Gasteiger partial charge in [0.15, 0.2) is 0 Å². The summed E-state index contributed by atoms with van der Waals surface area (Å²) in [6, 6.07) is 9.81. The Labute approximate surface area is 152 Å². The molecule has 0 aromatic heterocycles. The van der Waals surface area contributed by atoms with E-state index in [2.05, 4.69) is 0 Å². The summed E-state index contributed by atoms with van der Waals surface area (Å²) in [7, 11) is 0. The van der Waals surface area contributed by atoms with Crippen molar-refractivity contribution in [1.29, 1.82) is 0 Å². The Morgan fingerprint density at radius 1 is 1.04 bits per heavy atom. The van der Waals surface area contributed by atoms with Crippen LogP contribution in [0.2, 0.25) is 0 Å². The molecule has 0 heterocycles. The molecule has 0 aliphatic heterocycles. The Hall–Kier alpha value is -2.29. The van der Waals surface area contributed by atoms with E-state index < -0.39 is 27.2 Å². The fourth-order valence-corrected chi connectivity index (χ4v) is 1.84. The molecule has 0 aliphatic carbocycles. The topological polar surface area (TPSA) is 113 Å². The number of ether oxygens (including phenoxy) is 1. The van der Waals surface area contributed by atoms with Crippen molar-refractivity contribution in [3.63, 3.8) is 0 Å². The minimum atomic E-state index is -0.826.